The molecule has 5 rings (SSSR count). The lowest BCUT2D eigenvalue weighted by Crippen LogP contribution is -2.32. The van der Waals surface area contributed by atoms with Crippen molar-refractivity contribution in [2.45, 2.75) is 51.6 Å². The van der Waals surface area contributed by atoms with Gasteiger partial charge in [-0.15, -0.1) is 0 Å². The first-order chi connectivity index (χ1) is 18.9. The third kappa shape index (κ3) is 6.08. The Morgan fingerprint density at radius 1 is 1.07 bits per heavy atom. The van der Waals surface area contributed by atoms with Crippen molar-refractivity contribution in [3.05, 3.63) is 74.3 Å². The van der Waals surface area contributed by atoms with Crippen LogP contribution in [-0.2, 0) is 17.3 Å². The maximum absolute atomic E-state index is 14.8. The van der Waals surface area contributed by atoms with E-state index in [2.05, 4.69) is 20.1 Å². The zero-order valence-corrected chi connectivity index (χ0v) is 23.7. The van der Waals surface area contributed by atoms with Crippen LogP contribution in [0.5, 0.6) is 11.5 Å². The number of carbonyl (C=O) groups excluding carboxylic acids is 1. The van der Waals surface area contributed by atoms with Crippen LogP contribution in [0.15, 0.2) is 41.2 Å². The average Bonchev–Trinajstić information content (AvgIpc) is 3.82. The Hall–Kier alpha value is -3.61. The molecule has 0 radical (unpaired) electrons. The van der Waals surface area contributed by atoms with E-state index >= 15 is 0 Å². The Labute approximate surface area is 236 Å². The topological polar surface area (TPSA) is 131 Å². The van der Waals surface area contributed by atoms with Gasteiger partial charge in [-0.2, -0.15) is 13.1 Å². The molecule has 0 unspecified atom stereocenters. The van der Waals surface area contributed by atoms with Crippen molar-refractivity contribution in [3.63, 3.8) is 0 Å². The van der Waals surface area contributed by atoms with E-state index in [1.54, 1.807) is 13.0 Å². The molecule has 1 aromatic heterocycles. The first-order valence-electron chi connectivity index (χ1n) is 12.8. The van der Waals surface area contributed by atoms with E-state index in [9.17, 15) is 22.4 Å². The number of amides is 1. The van der Waals surface area contributed by atoms with Crippen LogP contribution in [0.3, 0.4) is 0 Å². The number of carbonyl (C=O) groups is 1. The highest BCUT2D eigenvalue weighted by atomic mass is 35.5. The number of halogens is 2. The molecular formula is C27H29ClFN5O5S. The molecule has 2 aliphatic rings. The number of aryl methyl sites for hydroxylation is 1. The number of anilines is 3. The summed E-state index contributed by atoms with van der Waals surface area (Å²) in [5.74, 6) is -1.14. The van der Waals surface area contributed by atoms with Gasteiger partial charge in [0.2, 0.25) is 0 Å². The second-order valence-electron chi connectivity index (χ2n) is 10.1. The van der Waals surface area contributed by atoms with Crippen molar-refractivity contribution in [1.82, 2.24) is 14.6 Å². The molecule has 2 fully saturated rings. The van der Waals surface area contributed by atoms with E-state index < -0.39 is 27.5 Å². The summed E-state index contributed by atoms with van der Waals surface area (Å²) in [6.07, 6.45) is 3.14. The summed E-state index contributed by atoms with van der Waals surface area (Å²) in [6.45, 7) is 3.25. The summed E-state index contributed by atoms with van der Waals surface area (Å²) in [5, 5.41) is 5.73. The van der Waals surface area contributed by atoms with Crippen LogP contribution in [0, 0.1) is 19.7 Å². The fourth-order valence-electron chi connectivity index (χ4n) is 4.11. The van der Waals surface area contributed by atoms with Gasteiger partial charge in [0, 0.05) is 19.1 Å². The zero-order chi connectivity index (χ0) is 28.8. The molecule has 0 aliphatic heterocycles. The Kier molecular flexibility index (Phi) is 7.51. The Bertz CT molecular complexity index is 1670. The Morgan fingerprint density at radius 2 is 1.77 bits per heavy atom. The van der Waals surface area contributed by atoms with Crippen molar-refractivity contribution < 1.29 is 22.3 Å². The molecule has 4 N–H and O–H groups in total. The molecular weight excluding hydrogens is 561 g/mol. The van der Waals surface area contributed by atoms with E-state index in [1.165, 1.54) is 48.9 Å². The minimum absolute atomic E-state index is 0.0116. The summed E-state index contributed by atoms with van der Waals surface area (Å²) in [7, 11) is -2.41. The van der Waals surface area contributed by atoms with Gasteiger partial charge in [0.25, 0.3) is 21.7 Å². The number of rotatable bonds is 10. The molecule has 10 nitrogen and oxygen atoms in total. The summed E-state index contributed by atoms with van der Waals surface area (Å²) >= 11 is 6.54. The van der Waals surface area contributed by atoms with Gasteiger partial charge in [-0.1, -0.05) is 23.7 Å². The SMILES string of the molecule is Cc1ccc(Nc2c(C(=O)NC3CC3)c(Oc3cccc(NS(=O)(=O)NC4CC4)c3Cl)c(C)c(=O)n2C)c(F)c1. The summed E-state index contributed by atoms with van der Waals surface area (Å²) < 4.78 is 52.0. The second kappa shape index (κ2) is 10.8. The number of benzene rings is 2. The number of nitrogens with one attached hydrogen (secondary N) is 4. The van der Waals surface area contributed by atoms with Crippen molar-refractivity contribution in [2.75, 3.05) is 10.0 Å². The van der Waals surface area contributed by atoms with Crippen LogP contribution in [0.25, 0.3) is 0 Å². The first kappa shape index (κ1) is 27.9. The maximum Gasteiger partial charge on any atom is 0.299 e. The predicted octanol–water partition coefficient (Wildman–Crippen LogP) is 4.63. The van der Waals surface area contributed by atoms with Crippen molar-refractivity contribution in [3.8, 4) is 11.5 Å². The molecule has 1 amide bonds. The van der Waals surface area contributed by atoms with Gasteiger partial charge in [0.1, 0.15) is 28.0 Å². The quantitative estimate of drug-likeness (QED) is 0.273. The fourth-order valence-corrected chi connectivity index (χ4v) is 5.57. The number of hydrogen-bond acceptors (Lipinski definition) is 6. The number of aromatic nitrogens is 1. The van der Waals surface area contributed by atoms with Crippen LogP contribution in [0.2, 0.25) is 5.02 Å². The zero-order valence-electron chi connectivity index (χ0n) is 22.1. The normalized spacial score (nSPS) is 15.0. The number of nitrogens with zero attached hydrogens (tertiary/aromatic N) is 1. The highest BCUT2D eigenvalue weighted by molar-refractivity contribution is 7.90. The lowest BCUT2D eigenvalue weighted by atomic mass is 10.1. The van der Waals surface area contributed by atoms with Gasteiger partial charge < -0.3 is 15.4 Å². The molecule has 1 heterocycles. The third-order valence-corrected chi connectivity index (χ3v) is 8.12. The highest BCUT2D eigenvalue weighted by Crippen LogP contribution is 2.40. The second-order valence-corrected chi connectivity index (χ2v) is 11.9. The molecule has 40 heavy (non-hydrogen) atoms. The molecule has 0 saturated heterocycles. The van der Waals surface area contributed by atoms with Gasteiger partial charge in [-0.3, -0.25) is 18.9 Å². The van der Waals surface area contributed by atoms with E-state index in [0.717, 1.165) is 25.7 Å². The van der Waals surface area contributed by atoms with Crippen LogP contribution in [0.4, 0.5) is 21.6 Å². The molecule has 13 heteroatoms. The standard InChI is InChI=1S/C27H29ClFN5O5S/c1-14-7-12-19(18(29)13-14)31-25-22(26(35)30-16-8-9-16)24(15(2)27(36)34(25)3)39-21-6-4-5-20(23(21)28)33-40(37,38)32-17-10-11-17/h4-7,12-13,16-17,31-33H,8-11H2,1-3H3,(H,30,35). The largest absolute Gasteiger partial charge is 0.454 e. The number of ether oxygens (including phenoxy) is 1. The lowest BCUT2D eigenvalue weighted by Gasteiger charge is -2.22. The molecule has 0 atom stereocenters. The lowest BCUT2D eigenvalue weighted by molar-refractivity contribution is 0.0948. The fraction of sp³-hybridized carbons (Fsp3) is 0.333. The van der Waals surface area contributed by atoms with Crippen LogP contribution in [-0.4, -0.2) is 31.0 Å². The highest BCUT2D eigenvalue weighted by Gasteiger charge is 2.31. The molecule has 0 bridgehead atoms. The smallest absolute Gasteiger partial charge is 0.299 e. The van der Waals surface area contributed by atoms with E-state index in [-0.39, 0.29) is 56.9 Å². The van der Waals surface area contributed by atoms with Gasteiger partial charge in [-0.25, -0.2) is 4.39 Å². The van der Waals surface area contributed by atoms with E-state index in [1.807, 2.05) is 0 Å². The minimum atomic E-state index is -3.88. The van der Waals surface area contributed by atoms with Gasteiger partial charge >= 0.3 is 0 Å². The van der Waals surface area contributed by atoms with Crippen molar-refractivity contribution in [2.24, 2.45) is 7.05 Å². The molecule has 2 saturated carbocycles. The van der Waals surface area contributed by atoms with Crippen LogP contribution < -0.4 is 30.4 Å². The molecule has 3 aromatic rings. The van der Waals surface area contributed by atoms with Gasteiger partial charge in [0.05, 0.1) is 16.9 Å². The van der Waals surface area contributed by atoms with Gasteiger partial charge in [0.15, 0.2) is 5.75 Å². The molecule has 0 spiro atoms. The minimum Gasteiger partial charge on any atom is -0.454 e. The maximum atomic E-state index is 14.8. The first-order valence-corrected chi connectivity index (χ1v) is 14.6. The molecule has 212 valence electrons. The Balaban J connectivity index is 1.59. The molecule has 2 aromatic carbocycles. The van der Waals surface area contributed by atoms with Crippen LogP contribution >= 0.6 is 11.6 Å². The number of hydrogen-bond donors (Lipinski definition) is 4. The average molecular weight is 590 g/mol. The number of pyridine rings is 1. The van der Waals surface area contributed by atoms with Gasteiger partial charge in [-0.05, 0) is 69.4 Å². The third-order valence-electron chi connectivity index (χ3n) is 6.60. The summed E-state index contributed by atoms with van der Waals surface area (Å²) in [4.78, 5) is 26.8. The van der Waals surface area contributed by atoms with Crippen molar-refractivity contribution in [1.29, 1.82) is 0 Å². The van der Waals surface area contributed by atoms with Crippen molar-refractivity contribution >= 4 is 44.9 Å². The Morgan fingerprint density at radius 3 is 2.42 bits per heavy atom. The van der Waals surface area contributed by atoms with E-state index in [4.69, 9.17) is 16.3 Å². The summed E-state index contributed by atoms with van der Waals surface area (Å²) in [6, 6.07) is 8.88. The van der Waals surface area contributed by atoms with E-state index in [0.29, 0.717) is 5.56 Å². The summed E-state index contributed by atoms with van der Waals surface area (Å²) in [5.41, 5.74) is 0.412. The predicted molar refractivity (Wildman–Crippen MR) is 152 cm³/mol. The monoisotopic (exact) mass is 589 g/mol. The van der Waals surface area contributed by atoms with Crippen LogP contribution in [0.1, 0.15) is 47.2 Å². The molecule has 2 aliphatic carbocycles.